The van der Waals surface area contributed by atoms with Crippen LogP contribution in [-0.2, 0) is 4.79 Å². The summed E-state index contributed by atoms with van der Waals surface area (Å²) in [5.74, 6) is 0.982. The molecule has 1 unspecified atom stereocenters. The zero-order valence-electron chi connectivity index (χ0n) is 14.1. The number of aliphatic imine (C=N–C) groups is 1. The van der Waals surface area contributed by atoms with Gasteiger partial charge >= 0.3 is 12.0 Å². The van der Waals surface area contributed by atoms with Crippen LogP contribution in [0.2, 0.25) is 0 Å². The van der Waals surface area contributed by atoms with Crippen LogP contribution < -0.4 is 0 Å². The lowest BCUT2D eigenvalue weighted by molar-refractivity contribution is -0.527. The highest BCUT2D eigenvalue weighted by molar-refractivity contribution is 6.23. The summed E-state index contributed by atoms with van der Waals surface area (Å²) in [5.41, 5.74) is 0.930. The topological polar surface area (TPSA) is 71.6 Å². The first-order valence-corrected chi connectivity index (χ1v) is 8.12. The van der Waals surface area contributed by atoms with Crippen molar-refractivity contribution in [2.45, 2.75) is 39.7 Å². The van der Waals surface area contributed by atoms with Crippen LogP contribution in [0.4, 0.5) is 4.79 Å². The van der Waals surface area contributed by atoms with Gasteiger partial charge < -0.3 is 0 Å². The molecular formula is C15H23N6O2+. The van der Waals surface area contributed by atoms with Crippen LogP contribution in [0.1, 0.15) is 33.6 Å². The molecule has 0 spiro atoms. The molecular weight excluding hydrogens is 296 g/mol. The number of amides is 3. The highest BCUT2D eigenvalue weighted by Gasteiger charge is 2.54. The van der Waals surface area contributed by atoms with Crippen LogP contribution in [0.3, 0.4) is 0 Å². The molecule has 0 N–H and O–H groups in total. The van der Waals surface area contributed by atoms with E-state index in [0.717, 1.165) is 18.6 Å². The Morgan fingerprint density at radius 1 is 1.30 bits per heavy atom. The lowest BCUT2D eigenvalue weighted by Gasteiger charge is -2.34. The van der Waals surface area contributed by atoms with E-state index in [0.29, 0.717) is 31.4 Å². The summed E-state index contributed by atoms with van der Waals surface area (Å²) >= 11 is 0. The van der Waals surface area contributed by atoms with Crippen molar-refractivity contribution in [2.24, 2.45) is 10.1 Å². The van der Waals surface area contributed by atoms with Gasteiger partial charge in [-0.2, -0.15) is 0 Å². The molecule has 1 atom stereocenters. The van der Waals surface area contributed by atoms with Gasteiger partial charge in [-0.25, -0.2) is 9.37 Å². The van der Waals surface area contributed by atoms with Gasteiger partial charge in [0.2, 0.25) is 11.9 Å². The van der Waals surface area contributed by atoms with Crippen molar-refractivity contribution in [1.29, 1.82) is 0 Å². The quantitative estimate of drug-likeness (QED) is 0.710. The normalized spacial score (nSPS) is 24.0. The monoisotopic (exact) mass is 319 g/mol. The minimum atomic E-state index is -0.524. The van der Waals surface area contributed by atoms with Crippen LogP contribution >= 0.6 is 0 Å². The number of carbonyl (C=O) groups excluding carboxylic acids is 2. The Morgan fingerprint density at radius 2 is 2.04 bits per heavy atom. The zero-order chi connectivity index (χ0) is 16.7. The number of rotatable bonds is 4. The number of carbonyl (C=O) groups is 2. The lowest BCUT2D eigenvalue weighted by atomic mass is 10.1. The van der Waals surface area contributed by atoms with Crippen molar-refractivity contribution < 1.29 is 14.2 Å². The molecule has 0 bridgehead atoms. The first-order valence-electron chi connectivity index (χ1n) is 8.12. The number of hydrogen-bond acceptors (Lipinski definition) is 5. The predicted molar refractivity (Wildman–Crippen MR) is 86.6 cm³/mol. The molecule has 3 aliphatic heterocycles. The van der Waals surface area contributed by atoms with Crippen molar-refractivity contribution in [3.8, 4) is 0 Å². The van der Waals surface area contributed by atoms with Crippen molar-refractivity contribution in [2.75, 3.05) is 26.7 Å². The molecule has 0 aromatic carbocycles. The second-order valence-electron chi connectivity index (χ2n) is 6.04. The second-order valence-corrected chi connectivity index (χ2v) is 6.04. The van der Waals surface area contributed by atoms with E-state index in [1.165, 1.54) is 9.80 Å². The number of hydrazone groups is 1. The van der Waals surface area contributed by atoms with Crippen LogP contribution in [0, 0.1) is 0 Å². The van der Waals surface area contributed by atoms with E-state index >= 15 is 0 Å². The number of likely N-dealkylation sites (N-methyl/N-ethyl adjacent to an activating group) is 1. The molecule has 0 radical (unpaired) electrons. The maximum Gasteiger partial charge on any atom is 0.416 e. The van der Waals surface area contributed by atoms with Gasteiger partial charge in [-0.15, -0.1) is 10.1 Å². The van der Waals surface area contributed by atoms with Crippen molar-refractivity contribution >= 4 is 29.4 Å². The minimum Gasteiger partial charge on any atom is -0.270 e. The Kier molecular flexibility index (Phi) is 3.91. The van der Waals surface area contributed by atoms with Gasteiger partial charge in [0.05, 0.1) is 12.3 Å². The van der Waals surface area contributed by atoms with Gasteiger partial charge in [0.1, 0.15) is 6.54 Å². The second kappa shape index (κ2) is 5.75. The molecule has 3 rings (SSSR count). The average Bonchev–Trinajstić information content (AvgIpc) is 2.91. The van der Waals surface area contributed by atoms with Crippen LogP contribution in [0.15, 0.2) is 10.1 Å². The largest absolute Gasteiger partial charge is 0.416 e. The summed E-state index contributed by atoms with van der Waals surface area (Å²) in [5, 5.41) is 6.26. The molecule has 0 saturated carbocycles. The first kappa shape index (κ1) is 15.6. The van der Waals surface area contributed by atoms with Crippen molar-refractivity contribution in [1.82, 2.24) is 14.8 Å². The average molecular weight is 319 g/mol. The Labute approximate surface area is 135 Å². The van der Waals surface area contributed by atoms with Gasteiger partial charge in [0.25, 0.3) is 5.91 Å². The smallest absolute Gasteiger partial charge is 0.270 e. The number of imide groups is 1. The van der Waals surface area contributed by atoms with E-state index in [4.69, 9.17) is 0 Å². The van der Waals surface area contributed by atoms with Gasteiger partial charge in [-0.1, -0.05) is 18.3 Å². The number of hydrogen-bond donors (Lipinski definition) is 0. The van der Waals surface area contributed by atoms with Crippen LogP contribution in [0.25, 0.3) is 0 Å². The van der Waals surface area contributed by atoms with E-state index in [1.807, 2.05) is 25.3 Å². The fraction of sp³-hybridized carbons (Fsp3) is 0.667. The maximum atomic E-state index is 12.9. The van der Waals surface area contributed by atoms with Crippen molar-refractivity contribution in [3.05, 3.63) is 0 Å². The van der Waals surface area contributed by atoms with Gasteiger partial charge in [0.15, 0.2) is 0 Å². The Morgan fingerprint density at radius 3 is 2.70 bits per heavy atom. The van der Waals surface area contributed by atoms with E-state index < -0.39 is 6.04 Å². The van der Waals surface area contributed by atoms with E-state index in [9.17, 15) is 9.59 Å². The van der Waals surface area contributed by atoms with Gasteiger partial charge in [0, 0.05) is 13.6 Å². The van der Waals surface area contributed by atoms with Gasteiger partial charge in [-0.3, -0.25) is 14.6 Å². The summed E-state index contributed by atoms with van der Waals surface area (Å²) < 4.78 is 1.95. The molecule has 23 heavy (non-hydrogen) atoms. The van der Waals surface area contributed by atoms with Crippen LogP contribution in [-0.4, -0.2) is 81.6 Å². The highest BCUT2D eigenvalue weighted by atomic mass is 16.2. The molecule has 0 aromatic rings. The minimum absolute atomic E-state index is 0.180. The maximum absolute atomic E-state index is 12.9. The fourth-order valence-electron chi connectivity index (χ4n) is 3.14. The molecule has 124 valence electrons. The third-order valence-corrected chi connectivity index (χ3v) is 4.35. The SMILES string of the molecule is CCCCN1C(=O)C2C(=NC3=[N+]2CC(C)=NN3CC)N(C)C1=O. The van der Waals surface area contributed by atoms with E-state index in [2.05, 4.69) is 10.1 Å². The third kappa shape index (κ3) is 2.32. The summed E-state index contributed by atoms with van der Waals surface area (Å²) in [6.45, 7) is 7.64. The fourth-order valence-corrected chi connectivity index (χ4v) is 3.14. The molecule has 0 aromatic heterocycles. The van der Waals surface area contributed by atoms with Crippen molar-refractivity contribution in [3.63, 3.8) is 0 Å². The predicted octanol–water partition coefficient (Wildman–Crippen LogP) is 0.541. The number of fused-ring (bicyclic) bond motifs is 2. The van der Waals surface area contributed by atoms with E-state index in [1.54, 1.807) is 12.1 Å². The number of unbranched alkanes of at least 4 members (excludes halogenated alkanes) is 1. The summed E-state index contributed by atoms with van der Waals surface area (Å²) in [6.07, 6.45) is 1.74. The van der Waals surface area contributed by atoms with Crippen LogP contribution in [0.5, 0.6) is 0 Å². The number of nitrogens with zero attached hydrogens (tertiary/aromatic N) is 6. The highest BCUT2D eigenvalue weighted by Crippen LogP contribution is 2.23. The summed E-state index contributed by atoms with van der Waals surface area (Å²) in [7, 11) is 1.68. The molecule has 1 saturated heterocycles. The van der Waals surface area contributed by atoms with E-state index in [-0.39, 0.29) is 11.9 Å². The number of urea groups is 1. The summed E-state index contributed by atoms with van der Waals surface area (Å²) in [4.78, 5) is 32.8. The van der Waals surface area contributed by atoms with Gasteiger partial charge in [-0.05, 0) is 20.3 Å². The molecule has 8 heteroatoms. The lowest BCUT2D eigenvalue weighted by Crippen LogP contribution is -2.63. The zero-order valence-corrected chi connectivity index (χ0v) is 14.1. The molecule has 3 amide bonds. The first-order chi connectivity index (χ1) is 11.0. The summed E-state index contributed by atoms with van der Waals surface area (Å²) in [6, 6.07) is -0.816. The number of amidine groups is 1. The molecule has 0 aliphatic carbocycles. The Bertz CT molecular complexity index is 650. The third-order valence-electron chi connectivity index (χ3n) is 4.35. The standard InChI is InChI=1S/C15H23N6O2/c1-5-7-8-19-13(22)11-12(18(4)15(19)23)16-14-20(11)9-10(3)17-21(14)6-2/h11H,5-9H2,1-4H3/q+1. The molecule has 1 fully saturated rings. The number of guanidine groups is 1. The molecule has 3 heterocycles. The molecule has 3 aliphatic rings. The molecule has 8 nitrogen and oxygen atoms in total. The Balaban J connectivity index is 1.98. The Hall–Kier alpha value is -2.25.